The quantitative estimate of drug-likeness (QED) is 0.667. The van der Waals surface area contributed by atoms with Crippen molar-refractivity contribution in [1.82, 2.24) is 4.98 Å². The predicted molar refractivity (Wildman–Crippen MR) is 76.1 cm³/mol. The van der Waals surface area contributed by atoms with Crippen LogP contribution < -0.4 is 5.43 Å². The molecule has 1 aromatic carbocycles. The summed E-state index contributed by atoms with van der Waals surface area (Å²) in [6, 6.07) is 11.4. The van der Waals surface area contributed by atoms with Crippen LogP contribution in [0.2, 0.25) is 5.02 Å². The van der Waals surface area contributed by atoms with Gasteiger partial charge in [0.05, 0.1) is 11.4 Å². The van der Waals surface area contributed by atoms with Gasteiger partial charge in [-0.2, -0.15) is 5.10 Å². The summed E-state index contributed by atoms with van der Waals surface area (Å²) in [6.45, 7) is 2.07. The Kier molecular flexibility index (Phi) is 4.31. The summed E-state index contributed by atoms with van der Waals surface area (Å²) < 4.78 is 0. The van der Waals surface area contributed by atoms with Gasteiger partial charge in [-0.05, 0) is 42.8 Å². The molecule has 0 atom stereocenters. The maximum Gasteiger partial charge on any atom is 0.0677 e. The highest BCUT2D eigenvalue weighted by atomic mass is 35.5. The van der Waals surface area contributed by atoms with E-state index in [1.165, 1.54) is 0 Å². The van der Waals surface area contributed by atoms with Crippen molar-refractivity contribution in [1.29, 1.82) is 0 Å². The van der Waals surface area contributed by atoms with E-state index < -0.39 is 0 Å². The molecule has 0 spiro atoms. The summed E-state index contributed by atoms with van der Waals surface area (Å²) in [5, 5.41) is 5.13. The van der Waals surface area contributed by atoms with Crippen LogP contribution in [0.1, 0.15) is 18.9 Å². The molecule has 0 aliphatic carbocycles. The van der Waals surface area contributed by atoms with E-state index in [0.717, 1.165) is 28.4 Å². The molecule has 0 bridgehead atoms. The first kappa shape index (κ1) is 12.6. The second-order valence-electron chi connectivity index (χ2n) is 3.77. The first-order valence-electron chi connectivity index (χ1n) is 5.78. The third-order valence-corrected chi connectivity index (χ3v) is 2.76. The Hall–Kier alpha value is -1.87. The Morgan fingerprint density at radius 1 is 1.17 bits per heavy atom. The second kappa shape index (κ2) is 6.17. The van der Waals surface area contributed by atoms with Gasteiger partial charge in [0.1, 0.15) is 0 Å². The number of hydrogen-bond acceptors (Lipinski definition) is 3. The Labute approximate surface area is 112 Å². The van der Waals surface area contributed by atoms with E-state index in [1.54, 1.807) is 12.4 Å². The van der Waals surface area contributed by atoms with Crippen molar-refractivity contribution in [3.8, 4) is 0 Å². The molecule has 4 heteroatoms. The molecular formula is C14H14ClN3. The van der Waals surface area contributed by atoms with Crippen molar-refractivity contribution in [3.05, 3.63) is 59.4 Å². The fourth-order valence-electron chi connectivity index (χ4n) is 1.55. The third kappa shape index (κ3) is 3.31. The summed E-state index contributed by atoms with van der Waals surface area (Å²) >= 11 is 5.83. The molecule has 2 aromatic rings. The number of anilines is 1. The third-order valence-electron chi connectivity index (χ3n) is 2.51. The smallest absolute Gasteiger partial charge is 0.0677 e. The fraction of sp³-hybridized carbons (Fsp3) is 0.143. The van der Waals surface area contributed by atoms with Crippen LogP contribution in [-0.4, -0.2) is 10.7 Å². The molecule has 0 saturated heterocycles. The van der Waals surface area contributed by atoms with Crippen LogP contribution in [-0.2, 0) is 0 Å². The van der Waals surface area contributed by atoms with Crippen LogP contribution in [0.3, 0.4) is 0 Å². The molecule has 0 aliphatic heterocycles. The minimum absolute atomic E-state index is 0.717. The summed E-state index contributed by atoms with van der Waals surface area (Å²) in [4.78, 5) is 4.00. The van der Waals surface area contributed by atoms with Gasteiger partial charge in [0.25, 0.3) is 0 Å². The standard InChI is InChI=1S/C14H14ClN3/c1-2-14(11-7-9-16-10-8-11)18-17-13-5-3-12(15)4-6-13/h3-10,17H,2H2,1H3/b18-14+. The summed E-state index contributed by atoms with van der Waals surface area (Å²) in [7, 11) is 0. The van der Waals surface area contributed by atoms with Gasteiger partial charge in [0.2, 0.25) is 0 Å². The maximum absolute atomic E-state index is 5.83. The van der Waals surface area contributed by atoms with Crippen LogP contribution in [0.4, 0.5) is 5.69 Å². The van der Waals surface area contributed by atoms with Crippen LogP contribution in [0.15, 0.2) is 53.9 Å². The topological polar surface area (TPSA) is 37.3 Å². The van der Waals surface area contributed by atoms with E-state index in [-0.39, 0.29) is 0 Å². The molecule has 0 fully saturated rings. The number of nitrogens with one attached hydrogen (secondary N) is 1. The number of aromatic nitrogens is 1. The Morgan fingerprint density at radius 2 is 1.83 bits per heavy atom. The molecule has 0 radical (unpaired) electrons. The monoisotopic (exact) mass is 259 g/mol. The average Bonchev–Trinajstić information content (AvgIpc) is 2.43. The van der Waals surface area contributed by atoms with Crippen LogP contribution in [0.5, 0.6) is 0 Å². The van der Waals surface area contributed by atoms with Gasteiger partial charge >= 0.3 is 0 Å². The van der Waals surface area contributed by atoms with E-state index in [0.29, 0.717) is 0 Å². The number of nitrogens with zero attached hydrogens (tertiary/aromatic N) is 2. The summed E-state index contributed by atoms with van der Waals surface area (Å²) in [6.07, 6.45) is 4.39. The van der Waals surface area contributed by atoms with Crippen LogP contribution in [0, 0.1) is 0 Å². The van der Waals surface area contributed by atoms with Crippen molar-refractivity contribution in [2.24, 2.45) is 5.10 Å². The highest BCUT2D eigenvalue weighted by Gasteiger charge is 2.00. The normalized spacial score (nSPS) is 11.3. The lowest BCUT2D eigenvalue weighted by molar-refractivity contribution is 1.21. The van der Waals surface area contributed by atoms with Crippen molar-refractivity contribution >= 4 is 23.0 Å². The molecule has 2 rings (SSSR count). The van der Waals surface area contributed by atoms with E-state index in [9.17, 15) is 0 Å². The van der Waals surface area contributed by atoms with Crippen molar-refractivity contribution in [2.75, 3.05) is 5.43 Å². The number of hydrazone groups is 1. The lowest BCUT2D eigenvalue weighted by Gasteiger charge is -2.05. The number of hydrogen-bond donors (Lipinski definition) is 1. The Balaban J connectivity index is 2.14. The highest BCUT2D eigenvalue weighted by Crippen LogP contribution is 2.13. The lowest BCUT2D eigenvalue weighted by Crippen LogP contribution is -2.03. The Bertz CT molecular complexity index is 520. The first-order valence-corrected chi connectivity index (χ1v) is 6.16. The van der Waals surface area contributed by atoms with Gasteiger partial charge in [-0.15, -0.1) is 0 Å². The van der Waals surface area contributed by atoms with E-state index in [2.05, 4.69) is 22.4 Å². The van der Waals surface area contributed by atoms with E-state index in [4.69, 9.17) is 11.6 Å². The maximum atomic E-state index is 5.83. The van der Waals surface area contributed by atoms with Gasteiger partial charge in [-0.3, -0.25) is 10.4 Å². The largest absolute Gasteiger partial charge is 0.278 e. The van der Waals surface area contributed by atoms with Crippen molar-refractivity contribution < 1.29 is 0 Å². The lowest BCUT2D eigenvalue weighted by atomic mass is 10.1. The average molecular weight is 260 g/mol. The van der Waals surface area contributed by atoms with Gasteiger partial charge in [-0.25, -0.2) is 0 Å². The number of rotatable bonds is 4. The number of benzene rings is 1. The second-order valence-corrected chi connectivity index (χ2v) is 4.20. The molecule has 0 unspecified atom stereocenters. The summed E-state index contributed by atoms with van der Waals surface area (Å²) in [5.74, 6) is 0. The predicted octanol–water partition coefficient (Wildman–Crippen LogP) is 3.96. The van der Waals surface area contributed by atoms with Crippen LogP contribution in [0.25, 0.3) is 0 Å². The van der Waals surface area contributed by atoms with Crippen molar-refractivity contribution in [3.63, 3.8) is 0 Å². The number of halogens is 1. The zero-order valence-electron chi connectivity index (χ0n) is 10.1. The van der Waals surface area contributed by atoms with Crippen LogP contribution >= 0.6 is 11.6 Å². The molecule has 1 N–H and O–H groups in total. The van der Waals surface area contributed by atoms with Gasteiger partial charge in [0, 0.05) is 23.0 Å². The molecule has 92 valence electrons. The minimum Gasteiger partial charge on any atom is -0.278 e. The molecule has 3 nitrogen and oxygen atoms in total. The molecule has 1 heterocycles. The van der Waals surface area contributed by atoms with Gasteiger partial charge in [-0.1, -0.05) is 18.5 Å². The molecule has 0 aliphatic rings. The van der Waals surface area contributed by atoms with E-state index in [1.807, 2.05) is 36.4 Å². The van der Waals surface area contributed by atoms with Gasteiger partial charge < -0.3 is 0 Å². The van der Waals surface area contributed by atoms with Crippen molar-refractivity contribution in [2.45, 2.75) is 13.3 Å². The molecule has 18 heavy (non-hydrogen) atoms. The zero-order chi connectivity index (χ0) is 12.8. The zero-order valence-corrected chi connectivity index (χ0v) is 10.9. The number of pyridine rings is 1. The van der Waals surface area contributed by atoms with Gasteiger partial charge in [0.15, 0.2) is 0 Å². The molecule has 0 amide bonds. The molecule has 1 aromatic heterocycles. The van der Waals surface area contributed by atoms with E-state index >= 15 is 0 Å². The fourth-order valence-corrected chi connectivity index (χ4v) is 1.67. The highest BCUT2D eigenvalue weighted by molar-refractivity contribution is 6.30. The minimum atomic E-state index is 0.717. The Morgan fingerprint density at radius 3 is 2.44 bits per heavy atom. The SMILES string of the molecule is CC/C(=N\Nc1ccc(Cl)cc1)c1ccncc1. The summed E-state index contributed by atoms with van der Waals surface area (Å²) in [5.41, 5.74) is 6.02. The molecular weight excluding hydrogens is 246 g/mol. The first-order chi connectivity index (χ1) is 8.79. The molecule has 0 saturated carbocycles.